The average molecular weight is 276 g/mol. The van der Waals surface area contributed by atoms with Crippen LogP contribution in [0.2, 0.25) is 0 Å². The van der Waals surface area contributed by atoms with E-state index in [1.54, 1.807) is 6.07 Å². The Labute approximate surface area is 116 Å². The molecule has 2 aromatic rings. The van der Waals surface area contributed by atoms with Crippen molar-refractivity contribution in [3.05, 3.63) is 29.8 Å². The van der Waals surface area contributed by atoms with Crippen molar-refractivity contribution in [2.45, 2.75) is 31.6 Å². The van der Waals surface area contributed by atoms with Gasteiger partial charge in [0.15, 0.2) is 0 Å². The van der Waals surface area contributed by atoms with Gasteiger partial charge in [-0.1, -0.05) is 12.8 Å². The Bertz CT molecular complexity index is 665. The minimum absolute atomic E-state index is 0.0817. The molecule has 106 valence electrons. The molecule has 0 saturated heterocycles. The highest BCUT2D eigenvalue weighted by Gasteiger charge is 2.34. The Kier molecular flexibility index (Phi) is 3.20. The SMILES string of the molecule is Cn1c(C2CCCCC2C(=O)O)nc2ccc(F)cc21. The Morgan fingerprint density at radius 2 is 2.15 bits per heavy atom. The van der Waals surface area contributed by atoms with Crippen molar-refractivity contribution < 1.29 is 14.3 Å². The van der Waals surface area contributed by atoms with Crippen LogP contribution in [0, 0.1) is 11.7 Å². The molecule has 5 heteroatoms. The lowest BCUT2D eigenvalue weighted by Gasteiger charge is -2.27. The van der Waals surface area contributed by atoms with Gasteiger partial charge in [0.2, 0.25) is 0 Å². The summed E-state index contributed by atoms with van der Waals surface area (Å²) >= 11 is 0. The van der Waals surface area contributed by atoms with Gasteiger partial charge in [0.1, 0.15) is 11.6 Å². The maximum Gasteiger partial charge on any atom is 0.307 e. The van der Waals surface area contributed by atoms with Crippen molar-refractivity contribution in [3.63, 3.8) is 0 Å². The lowest BCUT2D eigenvalue weighted by molar-refractivity contribution is -0.143. The van der Waals surface area contributed by atoms with Gasteiger partial charge in [-0.15, -0.1) is 0 Å². The maximum absolute atomic E-state index is 13.3. The van der Waals surface area contributed by atoms with Crippen LogP contribution in [0.25, 0.3) is 11.0 Å². The lowest BCUT2D eigenvalue weighted by atomic mass is 9.79. The third-order valence-electron chi connectivity index (χ3n) is 4.29. The molecule has 20 heavy (non-hydrogen) atoms. The van der Waals surface area contributed by atoms with Crippen LogP contribution in [0.3, 0.4) is 0 Å². The molecule has 3 rings (SSSR count). The van der Waals surface area contributed by atoms with Gasteiger partial charge in [-0.2, -0.15) is 0 Å². The predicted octanol–water partition coefficient (Wildman–Crippen LogP) is 3.07. The van der Waals surface area contributed by atoms with E-state index in [0.717, 1.165) is 36.1 Å². The predicted molar refractivity (Wildman–Crippen MR) is 73.0 cm³/mol. The van der Waals surface area contributed by atoms with Crippen molar-refractivity contribution in [1.82, 2.24) is 9.55 Å². The summed E-state index contributed by atoms with van der Waals surface area (Å²) in [5, 5.41) is 9.38. The molecule has 4 nitrogen and oxygen atoms in total. The number of imidazole rings is 1. The summed E-state index contributed by atoms with van der Waals surface area (Å²) < 4.78 is 15.2. The number of aliphatic carboxylic acids is 1. The lowest BCUT2D eigenvalue weighted by Crippen LogP contribution is -2.27. The van der Waals surface area contributed by atoms with Crippen molar-refractivity contribution in [3.8, 4) is 0 Å². The Balaban J connectivity index is 2.08. The molecule has 0 amide bonds. The minimum atomic E-state index is -0.757. The molecule has 1 fully saturated rings. The van der Waals surface area contributed by atoms with Gasteiger partial charge in [0.05, 0.1) is 17.0 Å². The first-order valence-electron chi connectivity index (χ1n) is 6.92. The molecule has 0 aliphatic heterocycles. The first kappa shape index (κ1) is 13.1. The largest absolute Gasteiger partial charge is 0.481 e. The van der Waals surface area contributed by atoms with E-state index in [4.69, 9.17) is 0 Å². The Morgan fingerprint density at radius 1 is 1.40 bits per heavy atom. The van der Waals surface area contributed by atoms with Crippen LogP contribution in [0.5, 0.6) is 0 Å². The number of rotatable bonds is 2. The molecule has 2 atom stereocenters. The third kappa shape index (κ3) is 2.07. The fraction of sp³-hybridized carbons (Fsp3) is 0.467. The van der Waals surface area contributed by atoms with E-state index in [9.17, 15) is 14.3 Å². The summed E-state index contributed by atoms with van der Waals surface area (Å²) in [4.78, 5) is 16.0. The number of halogens is 1. The van der Waals surface area contributed by atoms with Crippen LogP contribution in [0.15, 0.2) is 18.2 Å². The molecule has 2 unspecified atom stereocenters. The quantitative estimate of drug-likeness (QED) is 0.917. The van der Waals surface area contributed by atoms with Gasteiger partial charge in [0.25, 0.3) is 0 Å². The average Bonchev–Trinajstić information content (AvgIpc) is 2.76. The number of fused-ring (bicyclic) bond motifs is 1. The molecule has 1 aliphatic rings. The standard InChI is InChI=1S/C15H17FN2O2/c1-18-13-8-9(16)6-7-12(13)17-14(18)10-4-2-3-5-11(10)15(19)20/h6-8,10-11H,2-5H2,1H3,(H,19,20). The monoisotopic (exact) mass is 276 g/mol. The van der Waals surface area contributed by atoms with Gasteiger partial charge >= 0.3 is 5.97 Å². The molecule has 1 aromatic carbocycles. The van der Waals surface area contributed by atoms with Crippen LogP contribution in [-0.4, -0.2) is 20.6 Å². The highest BCUT2D eigenvalue weighted by Crippen LogP contribution is 2.38. The fourth-order valence-electron chi connectivity index (χ4n) is 3.25. The highest BCUT2D eigenvalue weighted by molar-refractivity contribution is 5.77. The zero-order chi connectivity index (χ0) is 14.3. The molecule has 0 radical (unpaired) electrons. The first-order valence-corrected chi connectivity index (χ1v) is 6.92. The number of hydrogen-bond donors (Lipinski definition) is 1. The minimum Gasteiger partial charge on any atom is -0.481 e. The normalized spacial score (nSPS) is 23.1. The number of hydrogen-bond acceptors (Lipinski definition) is 2. The number of carboxylic acids is 1. The topological polar surface area (TPSA) is 55.1 Å². The van der Waals surface area contributed by atoms with E-state index in [0.29, 0.717) is 6.42 Å². The zero-order valence-corrected chi connectivity index (χ0v) is 11.3. The maximum atomic E-state index is 13.3. The number of aryl methyl sites for hydroxylation is 1. The number of nitrogens with zero attached hydrogens (tertiary/aromatic N) is 2. The van der Waals surface area contributed by atoms with Crippen molar-refractivity contribution >= 4 is 17.0 Å². The van der Waals surface area contributed by atoms with Crippen LogP contribution in [0.1, 0.15) is 37.4 Å². The van der Waals surface area contributed by atoms with E-state index < -0.39 is 5.97 Å². The van der Waals surface area contributed by atoms with Crippen LogP contribution >= 0.6 is 0 Å². The molecule has 1 heterocycles. The van der Waals surface area contributed by atoms with Crippen molar-refractivity contribution in [1.29, 1.82) is 0 Å². The summed E-state index contributed by atoms with van der Waals surface area (Å²) in [6, 6.07) is 4.48. The Hall–Kier alpha value is -1.91. The number of carbonyl (C=O) groups is 1. The molecule has 0 spiro atoms. The number of carboxylic acid groups (broad SMARTS) is 1. The first-order chi connectivity index (χ1) is 9.58. The van der Waals surface area contributed by atoms with Crippen molar-refractivity contribution in [2.24, 2.45) is 13.0 Å². The van der Waals surface area contributed by atoms with E-state index >= 15 is 0 Å². The molecule has 1 saturated carbocycles. The van der Waals surface area contributed by atoms with Gasteiger partial charge in [-0.3, -0.25) is 4.79 Å². The van der Waals surface area contributed by atoms with E-state index in [-0.39, 0.29) is 17.7 Å². The molecule has 1 aliphatic carbocycles. The number of aromatic nitrogens is 2. The van der Waals surface area contributed by atoms with E-state index in [1.165, 1.54) is 12.1 Å². The smallest absolute Gasteiger partial charge is 0.307 e. The molecule has 1 N–H and O–H groups in total. The molecular weight excluding hydrogens is 259 g/mol. The van der Waals surface area contributed by atoms with Gasteiger partial charge in [-0.05, 0) is 31.0 Å². The number of benzene rings is 1. The van der Waals surface area contributed by atoms with Crippen LogP contribution < -0.4 is 0 Å². The van der Waals surface area contributed by atoms with Crippen LogP contribution in [0.4, 0.5) is 4.39 Å². The second-order valence-electron chi connectivity index (χ2n) is 5.50. The highest BCUT2D eigenvalue weighted by atomic mass is 19.1. The van der Waals surface area contributed by atoms with Gasteiger partial charge in [-0.25, -0.2) is 9.37 Å². The molecule has 0 bridgehead atoms. The molecule has 1 aromatic heterocycles. The summed E-state index contributed by atoms with van der Waals surface area (Å²) in [6.07, 6.45) is 3.49. The summed E-state index contributed by atoms with van der Waals surface area (Å²) in [5.41, 5.74) is 1.44. The summed E-state index contributed by atoms with van der Waals surface area (Å²) in [5.74, 6) is -0.762. The Morgan fingerprint density at radius 3 is 2.90 bits per heavy atom. The third-order valence-corrected chi connectivity index (χ3v) is 4.29. The second-order valence-corrected chi connectivity index (χ2v) is 5.50. The van der Waals surface area contributed by atoms with Crippen molar-refractivity contribution in [2.75, 3.05) is 0 Å². The summed E-state index contributed by atoms with van der Waals surface area (Å²) in [6.45, 7) is 0. The van der Waals surface area contributed by atoms with Crippen LogP contribution in [-0.2, 0) is 11.8 Å². The van der Waals surface area contributed by atoms with Gasteiger partial charge < -0.3 is 9.67 Å². The fourth-order valence-corrected chi connectivity index (χ4v) is 3.25. The van der Waals surface area contributed by atoms with E-state index in [2.05, 4.69) is 4.98 Å². The second kappa shape index (κ2) is 4.89. The molecular formula is C15H17FN2O2. The zero-order valence-electron chi connectivity index (χ0n) is 11.3. The van der Waals surface area contributed by atoms with Gasteiger partial charge in [0, 0.05) is 13.0 Å². The summed E-state index contributed by atoms with van der Waals surface area (Å²) in [7, 11) is 1.83. The van der Waals surface area contributed by atoms with E-state index in [1.807, 2.05) is 11.6 Å².